The van der Waals surface area contributed by atoms with E-state index in [1.54, 1.807) is 11.8 Å². The minimum Gasteiger partial charge on any atom is -0.354 e. The van der Waals surface area contributed by atoms with Crippen molar-refractivity contribution in [2.75, 3.05) is 12.3 Å². The molecule has 0 saturated carbocycles. The van der Waals surface area contributed by atoms with Crippen molar-refractivity contribution in [3.05, 3.63) is 64.1 Å². The minimum absolute atomic E-state index is 0.0530. The lowest BCUT2D eigenvalue weighted by atomic mass is 10.1. The molecule has 156 valence electrons. The summed E-state index contributed by atoms with van der Waals surface area (Å²) in [6.07, 6.45) is 0. The number of thioether (sulfide) groups is 1. The van der Waals surface area contributed by atoms with Gasteiger partial charge >= 0.3 is 0 Å². The Hall–Kier alpha value is -1.79. The Bertz CT molecular complexity index is 824. The van der Waals surface area contributed by atoms with Gasteiger partial charge in [0.15, 0.2) is 0 Å². The van der Waals surface area contributed by atoms with Gasteiger partial charge in [-0.1, -0.05) is 59.6 Å². The van der Waals surface area contributed by atoms with Gasteiger partial charge in [-0.15, -0.1) is 11.8 Å². The fraction of sp³-hybridized carbons (Fsp3) is 0.391. The number of hydrogen-bond acceptors (Lipinski definition) is 3. The monoisotopic (exact) mass is 476 g/mol. The SMILES string of the molecule is Cc1ccc(SCC(=O)N(Cc2cccc(Br)c2)[C@@H](C)C(=O)NCC(C)C)cc1. The summed E-state index contributed by atoms with van der Waals surface area (Å²) < 4.78 is 0.952. The van der Waals surface area contributed by atoms with Crippen LogP contribution in [-0.4, -0.2) is 35.1 Å². The third-order valence-corrected chi connectivity index (χ3v) is 5.97. The molecule has 2 aromatic carbocycles. The second-order valence-electron chi connectivity index (χ2n) is 7.57. The molecule has 0 radical (unpaired) electrons. The molecule has 0 spiro atoms. The molecule has 0 saturated heterocycles. The standard InChI is InChI=1S/C23H29BrN2O2S/c1-16(2)13-25-23(28)18(4)26(14-19-6-5-7-20(24)12-19)22(27)15-29-21-10-8-17(3)9-11-21/h5-12,16,18H,13-15H2,1-4H3,(H,25,28)/t18-/m0/s1. The molecule has 4 nitrogen and oxygen atoms in total. The van der Waals surface area contributed by atoms with Gasteiger partial charge in [0.1, 0.15) is 6.04 Å². The largest absolute Gasteiger partial charge is 0.354 e. The number of carbonyl (C=O) groups is 2. The van der Waals surface area contributed by atoms with Crippen LogP contribution >= 0.6 is 27.7 Å². The second-order valence-corrected chi connectivity index (χ2v) is 9.53. The molecule has 0 heterocycles. The van der Waals surface area contributed by atoms with E-state index in [1.165, 1.54) is 17.3 Å². The Kier molecular flexibility index (Phi) is 9.24. The highest BCUT2D eigenvalue weighted by Crippen LogP contribution is 2.21. The smallest absolute Gasteiger partial charge is 0.242 e. The number of rotatable bonds is 9. The van der Waals surface area contributed by atoms with E-state index >= 15 is 0 Å². The number of benzene rings is 2. The average Bonchev–Trinajstić information content (AvgIpc) is 2.69. The van der Waals surface area contributed by atoms with Crippen LogP contribution in [0.25, 0.3) is 0 Å². The molecule has 0 aliphatic carbocycles. The van der Waals surface area contributed by atoms with Gasteiger partial charge in [-0.3, -0.25) is 9.59 Å². The zero-order valence-corrected chi connectivity index (χ0v) is 19.8. The van der Waals surface area contributed by atoms with Gasteiger partial charge in [-0.05, 0) is 49.6 Å². The lowest BCUT2D eigenvalue weighted by Gasteiger charge is -2.29. The molecule has 1 atom stereocenters. The van der Waals surface area contributed by atoms with Gasteiger partial charge in [0.05, 0.1) is 5.75 Å². The maximum absolute atomic E-state index is 13.1. The quantitative estimate of drug-likeness (QED) is 0.515. The van der Waals surface area contributed by atoms with Crippen molar-refractivity contribution in [3.63, 3.8) is 0 Å². The molecular weight excluding hydrogens is 448 g/mol. The highest BCUT2D eigenvalue weighted by atomic mass is 79.9. The molecule has 2 aromatic rings. The molecule has 1 N–H and O–H groups in total. The molecule has 0 aromatic heterocycles. The Morgan fingerprint density at radius 1 is 1.10 bits per heavy atom. The minimum atomic E-state index is -0.543. The van der Waals surface area contributed by atoms with Crippen molar-refractivity contribution < 1.29 is 9.59 Å². The Morgan fingerprint density at radius 3 is 2.41 bits per heavy atom. The van der Waals surface area contributed by atoms with E-state index in [0.717, 1.165) is 14.9 Å². The van der Waals surface area contributed by atoms with Crippen molar-refractivity contribution in [2.45, 2.75) is 45.2 Å². The topological polar surface area (TPSA) is 49.4 Å². The summed E-state index contributed by atoms with van der Waals surface area (Å²) in [6.45, 7) is 8.92. The Balaban J connectivity index is 2.12. The summed E-state index contributed by atoms with van der Waals surface area (Å²) in [7, 11) is 0. The number of carbonyl (C=O) groups excluding carboxylic acids is 2. The number of nitrogens with zero attached hydrogens (tertiary/aromatic N) is 1. The highest BCUT2D eigenvalue weighted by Gasteiger charge is 2.26. The summed E-state index contributed by atoms with van der Waals surface area (Å²) in [6, 6.07) is 15.4. The van der Waals surface area contributed by atoms with Crippen LogP contribution in [0.4, 0.5) is 0 Å². The van der Waals surface area contributed by atoms with Crippen LogP contribution in [0.2, 0.25) is 0 Å². The fourth-order valence-corrected chi connectivity index (χ4v) is 3.96. The van der Waals surface area contributed by atoms with E-state index < -0.39 is 6.04 Å². The van der Waals surface area contributed by atoms with E-state index in [1.807, 2.05) is 69.3 Å². The molecule has 0 bridgehead atoms. The first-order valence-corrected chi connectivity index (χ1v) is 11.5. The first kappa shape index (κ1) is 23.5. The molecular formula is C23H29BrN2O2S. The lowest BCUT2D eigenvalue weighted by molar-refractivity contribution is -0.138. The van der Waals surface area contributed by atoms with E-state index in [0.29, 0.717) is 24.8 Å². The average molecular weight is 477 g/mol. The van der Waals surface area contributed by atoms with Crippen molar-refractivity contribution >= 4 is 39.5 Å². The first-order chi connectivity index (χ1) is 13.8. The fourth-order valence-electron chi connectivity index (χ4n) is 2.73. The van der Waals surface area contributed by atoms with Gasteiger partial charge in [-0.2, -0.15) is 0 Å². The predicted molar refractivity (Wildman–Crippen MR) is 124 cm³/mol. The van der Waals surface area contributed by atoms with Crippen molar-refractivity contribution in [3.8, 4) is 0 Å². The third kappa shape index (κ3) is 7.86. The number of aryl methyl sites for hydroxylation is 1. The van der Waals surface area contributed by atoms with Gasteiger partial charge < -0.3 is 10.2 Å². The highest BCUT2D eigenvalue weighted by molar-refractivity contribution is 9.10. The van der Waals surface area contributed by atoms with Crippen molar-refractivity contribution in [2.24, 2.45) is 5.92 Å². The molecule has 6 heteroatoms. The van der Waals surface area contributed by atoms with E-state index in [-0.39, 0.29) is 11.8 Å². The number of halogens is 1. The number of hydrogen-bond donors (Lipinski definition) is 1. The van der Waals surface area contributed by atoms with Crippen LogP contribution < -0.4 is 5.32 Å². The molecule has 0 unspecified atom stereocenters. The molecule has 0 fully saturated rings. The van der Waals surface area contributed by atoms with Gasteiger partial charge in [0, 0.05) is 22.5 Å². The van der Waals surface area contributed by atoms with E-state index in [2.05, 4.69) is 21.2 Å². The zero-order valence-electron chi connectivity index (χ0n) is 17.4. The number of amides is 2. The molecule has 0 aliphatic heterocycles. The van der Waals surface area contributed by atoms with E-state index in [4.69, 9.17) is 0 Å². The maximum Gasteiger partial charge on any atom is 0.242 e. The second kappa shape index (κ2) is 11.4. The molecule has 29 heavy (non-hydrogen) atoms. The Labute approximate surface area is 186 Å². The van der Waals surface area contributed by atoms with Crippen molar-refractivity contribution in [1.82, 2.24) is 10.2 Å². The van der Waals surface area contributed by atoms with Gasteiger partial charge in [0.2, 0.25) is 11.8 Å². The van der Waals surface area contributed by atoms with Crippen LogP contribution in [-0.2, 0) is 16.1 Å². The first-order valence-electron chi connectivity index (χ1n) is 9.77. The summed E-state index contributed by atoms with van der Waals surface area (Å²) in [5.41, 5.74) is 2.17. The van der Waals surface area contributed by atoms with Crippen LogP contribution in [0.1, 0.15) is 31.9 Å². The van der Waals surface area contributed by atoms with Gasteiger partial charge in [-0.25, -0.2) is 0 Å². The summed E-state index contributed by atoms with van der Waals surface area (Å²) in [5, 5.41) is 2.95. The lowest BCUT2D eigenvalue weighted by Crippen LogP contribution is -2.48. The summed E-state index contributed by atoms with van der Waals surface area (Å²) in [4.78, 5) is 28.4. The summed E-state index contributed by atoms with van der Waals surface area (Å²) >= 11 is 4.97. The molecule has 2 rings (SSSR count). The van der Waals surface area contributed by atoms with Crippen molar-refractivity contribution in [1.29, 1.82) is 0 Å². The Morgan fingerprint density at radius 2 is 1.79 bits per heavy atom. The third-order valence-electron chi connectivity index (χ3n) is 4.48. The summed E-state index contributed by atoms with van der Waals surface area (Å²) in [5.74, 6) is 0.474. The van der Waals surface area contributed by atoms with E-state index in [9.17, 15) is 9.59 Å². The normalized spacial score (nSPS) is 11.9. The number of nitrogens with one attached hydrogen (secondary N) is 1. The maximum atomic E-state index is 13.1. The van der Waals surface area contributed by atoms with Crippen LogP contribution in [0.3, 0.4) is 0 Å². The van der Waals surface area contributed by atoms with Crippen LogP contribution in [0.15, 0.2) is 57.9 Å². The van der Waals surface area contributed by atoms with Gasteiger partial charge in [0.25, 0.3) is 0 Å². The molecule has 2 amide bonds. The van der Waals surface area contributed by atoms with Crippen LogP contribution in [0, 0.1) is 12.8 Å². The van der Waals surface area contributed by atoms with Crippen LogP contribution in [0.5, 0.6) is 0 Å². The zero-order chi connectivity index (χ0) is 21.4. The molecule has 0 aliphatic rings. The predicted octanol–water partition coefficient (Wildman–Crippen LogP) is 5.04.